The summed E-state index contributed by atoms with van der Waals surface area (Å²) in [6.45, 7) is 4.72. The van der Waals surface area contributed by atoms with E-state index in [1.54, 1.807) is 31.0 Å². The van der Waals surface area contributed by atoms with E-state index in [1.165, 1.54) is 0 Å². The molecule has 0 spiro atoms. The molecule has 2 N–H and O–H groups in total. The summed E-state index contributed by atoms with van der Waals surface area (Å²) in [5.41, 5.74) is 2.43. The van der Waals surface area contributed by atoms with Crippen molar-refractivity contribution in [3.8, 4) is 5.75 Å². The number of benzene rings is 1. The summed E-state index contributed by atoms with van der Waals surface area (Å²) in [7, 11) is 3.31. The molecule has 1 atom stereocenters. The Morgan fingerprint density at radius 1 is 1.26 bits per heavy atom. The lowest BCUT2D eigenvalue weighted by atomic mass is 10.2. The summed E-state index contributed by atoms with van der Waals surface area (Å²) in [5, 5.41) is 11.8. The molecule has 27 heavy (non-hydrogen) atoms. The smallest absolute Gasteiger partial charge is 0.159 e. The number of hydrogen-bond acceptors (Lipinski definition) is 6. The SMILES string of the molecule is CC[C@H](COC)Nc1c(C)c(Nc2ccc(OC)cc2Cl)nc2ccnn12. The highest BCUT2D eigenvalue weighted by Gasteiger charge is 2.17. The highest BCUT2D eigenvalue weighted by atomic mass is 35.5. The second-order valence-corrected chi connectivity index (χ2v) is 6.62. The first kappa shape index (κ1) is 19.3. The van der Waals surface area contributed by atoms with Gasteiger partial charge in [0, 0.05) is 24.8 Å². The van der Waals surface area contributed by atoms with Gasteiger partial charge in [-0.3, -0.25) is 0 Å². The summed E-state index contributed by atoms with van der Waals surface area (Å²) < 4.78 is 12.3. The monoisotopic (exact) mass is 389 g/mol. The molecule has 0 aliphatic heterocycles. The van der Waals surface area contributed by atoms with E-state index in [2.05, 4.69) is 27.6 Å². The minimum atomic E-state index is 0.168. The lowest BCUT2D eigenvalue weighted by Crippen LogP contribution is -2.26. The van der Waals surface area contributed by atoms with Crippen LogP contribution in [0.15, 0.2) is 30.5 Å². The van der Waals surface area contributed by atoms with Crippen LogP contribution < -0.4 is 15.4 Å². The number of rotatable bonds is 8. The van der Waals surface area contributed by atoms with Gasteiger partial charge in [0.05, 0.1) is 36.7 Å². The van der Waals surface area contributed by atoms with E-state index in [0.717, 1.165) is 29.1 Å². The molecule has 1 aromatic carbocycles. The zero-order valence-electron chi connectivity index (χ0n) is 15.9. The number of aromatic nitrogens is 3. The highest BCUT2D eigenvalue weighted by molar-refractivity contribution is 6.33. The molecule has 0 aliphatic carbocycles. The Bertz CT molecular complexity index is 928. The predicted molar refractivity (Wildman–Crippen MR) is 109 cm³/mol. The molecule has 144 valence electrons. The number of hydrogen-bond donors (Lipinski definition) is 2. The van der Waals surface area contributed by atoms with Crippen LogP contribution in [0.1, 0.15) is 18.9 Å². The van der Waals surface area contributed by atoms with Gasteiger partial charge in [0.1, 0.15) is 17.4 Å². The molecule has 7 nitrogen and oxygen atoms in total. The number of nitrogens with one attached hydrogen (secondary N) is 2. The van der Waals surface area contributed by atoms with Gasteiger partial charge in [-0.2, -0.15) is 9.61 Å². The van der Waals surface area contributed by atoms with Gasteiger partial charge in [-0.05, 0) is 25.5 Å². The van der Waals surface area contributed by atoms with Gasteiger partial charge in [-0.1, -0.05) is 18.5 Å². The average molecular weight is 390 g/mol. The third-order valence-electron chi connectivity index (χ3n) is 4.40. The maximum absolute atomic E-state index is 6.38. The van der Waals surface area contributed by atoms with E-state index in [1.807, 2.05) is 25.1 Å². The summed E-state index contributed by atoms with van der Waals surface area (Å²) in [6, 6.07) is 7.52. The van der Waals surface area contributed by atoms with Gasteiger partial charge in [0.15, 0.2) is 5.65 Å². The number of fused-ring (bicyclic) bond motifs is 1. The van der Waals surface area contributed by atoms with Crippen molar-refractivity contribution >= 4 is 34.6 Å². The molecule has 0 radical (unpaired) electrons. The van der Waals surface area contributed by atoms with Gasteiger partial charge >= 0.3 is 0 Å². The molecule has 3 rings (SSSR count). The molecule has 2 aromatic heterocycles. The molecule has 0 fully saturated rings. The molecule has 0 saturated heterocycles. The molecule has 3 aromatic rings. The number of halogens is 1. The zero-order chi connectivity index (χ0) is 19.4. The normalized spacial score (nSPS) is 12.2. The second kappa shape index (κ2) is 8.45. The second-order valence-electron chi connectivity index (χ2n) is 6.21. The van der Waals surface area contributed by atoms with Crippen molar-refractivity contribution < 1.29 is 9.47 Å². The Labute approximate surface area is 163 Å². The van der Waals surface area contributed by atoms with Crippen molar-refractivity contribution in [2.24, 2.45) is 0 Å². The molecule has 8 heteroatoms. The average Bonchev–Trinajstić information content (AvgIpc) is 3.13. The van der Waals surface area contributed by atoms with Gasteiger partial charge < -0.3 is 20.1 Å². The van der Waals surface area contributed by atoms with E-state index < -0.39 is 0 Å². The topological polar surface area (TPSA) is 72.7 Å². The predicted octanol–water partition coefficient (Wildman–Crippen LogP) is 4.28. The quantitative estimate of drug-likeness (QED) is 0.599. The molecule has 0 unspecified atom stereocenters. The zero-order valence-corrected chi connectivity index (χ0v) is 16.7. The highest BCUT2D eigenvalue weighted by Crippen LogP contribution is 2.32. The number of nitrogens with zero attached hydrogens (tertiary/aromatic N) is 3. The maximum Gasteiger partial charge on any atom is 0.159 e. The lowest BCUT2D eigenvalue weighted by molar-refractivity contribution is 0.184. The van der Waals surface area contributed by atoms with Crippen molar-refractivity contribution in [2.45, 2.75) is 26.3 Å². The Morgan fingerprint density at radius 2 is 2.07 bits per heavy atom. The van der Waals surface area contributed by atoms with Crippen LogP contribution >= 0.6 is 11.6 Å². The first-order chi connectivity index (χ1) is 13.1. The minimum Gasteiger partial charge on any atom is -0.497 e. The van der Waals surface area contributed by atoms with E-state index in [9.17, 15) is 0 Å². The van der Waals surface area contributed by atoms with Crippen molar-refractivity contribution in [1.29, 1.82) is 0 Å². The molecule has 2 heterocycles. The largest absolute Gasteiger partial charge is 0.497 e. The van der Waals surface area contributed by atoms with Crippen LogP contribution in [0.2, 0.25) is 5.02 Å². The Balaban J connectivity index is 2.00. The van der Waals surface area contributed by atoms with Crippen LogP contribution in [0.5, 0.6) is 5.75 Å². The van der Waals surface area contributed by atoms with Crippen LogP contribution in [-0.2, 0) is 4.74 Å². The number of anilines is 3. The van der Waals surface area contributed by atoms with Crippen molar-refractivity contribution in [2.75, 3.05) is 31.5 Å². The molecule has 0 saturated carbocycles. The third kappa shape index (κ3) is 4.09. The van der Waals surface area contributed by atoms with Crippen LogP contribution in [0.3, 0.4) is 0 Å². The molecular formula is C19H24ClN5O2. The standard InChI is InChI=1S/C19H24ClN5O2/c1-5-13(11-26-3)22-19-12(2)18(24-17-8-9-21-25(17)19)23-16-7-6-14(27-4)10-15(16)20/h6-10,13,22H,5,11H2,1-4H3,(H,23,24)/t13-/m1/s1. The van der Waals surface area contributed by atoms with Crippen LogP contribution in [-0.4, -0.2) is 41.5 Å². The summed E-state index contributed by atoms with van der Waals surface area (Å²) >= 11 is 6.38. The first-order valence-corrected chi connectivity index (χ1v) is 9.15. The van der Waals surface area contributed by atoms with Crippen LogP contribution in [0.25, 0.3) is 5.65 Å². The van der Waals surface area contributed by atoms with Gasteiger partial charge in [-0.15, -0.1) is 0 Å². The fourth-order valence-electron chi connectivity index (χ4n) is 2.82. The Hall–Kier alpha value is -2.51. The third-order valence-corrected chi connectivity index (χ3v) is 4.71. The number of methoxy groups -OCH3 is 2. The summed E-state index contributed by atoms with van der Waals surface area (Å²) in [6.07, 6.45) is 2.65. The van der Waals surface area contributed by atoms with E-state index >= 15 is 0 Å². The van der Waals surface area contributed by atoms with Gasteiger partial charge in [-0.25, -0.2) is 4.98 Å². The Kier molecular flexibility index (Phi) is 6.03. The Morgan fingerprint density at radius 3 is 2.74 bits per heavy atom. The van der Waals surface area contributed by atoms with Gasteiger partial charge in [0.2, 0.25) is 0 Å². The molecule has 0 aliphatic rings. The van der Waals surface area contributed by atoms with Crippen molar-refractivity contribution in [1.82, 2.24) is 14.6 Å². The molecular weight excluding hydrogens is 366 g/mol. The van der Waals surface area contributed by atoms with E-state index in [0.29, 0.717) is 23.2 Å². The summed E-state index contributed by atoms with van der Waals surface area (Å²) in [5.74, 6) is 2.29. The molecule has 0 bridgehead atoms. The van der Waals surface area contributed by atoms with E-state index in [-0.39, 0.29) is 6.04 Å². The lowest BCUT2D eigenvalue weighted by Gasteiger charge is -2.21. The van der Waals surface area contributed by atoms with Crippen LogP contribution in [0, 0.1) is 6.92 Å². The van der Waals surface area contributed by atoms with Gasteiger partial charge in [0.25, 0.3) is 0 Å². The first-order valence-electron chi connectivity index (χ1n) is 8.77. The fraction of sp³-hybridized carbons (Fsp3) is 0.368. The molecule has 0 amide bonds. The maximum atomic E-state index is 6.38. The summed E-state index contributed by atoms with van der Waals surface area (Å²) in [4.78, 5) is 4.68. The number of ether oxygens (including phenoxy) is 2. The fourth-order valence-corrected chi connectivity index (χ4v) is 3.04. The minimum absolute atomic E-state index is 0.168. The van der Waals surface area contributed by atoms with Crippen molar-refractivity contribution in [3.05, 3.63) is 41.0 Å². The van der Waals surface area contributed by atoms with Crippen LogP contribution in [0.4, 0.5) is 17.3 Å². The van der Waals surface area contributed by atoms with E-state index in [4.69, 9.17) is 21.1 Å². The van der Waals surface area contributed by atoms with Crippen molar-refractivity contribution in [3.63, 3.8) is 0 Å².